The smallest absolute Gasteiger partial charge is 0.410 e. The third kappa shape index (κ3) is 5.17. The van der Waals surface area contributed by atoms with Crippen molar-refractivity contribution in [1.29, 1.82) is 0 Å². The summed E-state index contributed by atoms with van der Waals surface area (Å²) in [5, 5.41) is 3.78. The first-order valence-electron chi connectivity index (χ1n) is 8.47. The van der Waals surface area contributed by atoms with Gasteiger partial charge in [-0.15, -0.1) is 0 Å². The molecule has 0 aromatic rings. The first-order valence-corrected chi connectivity index (χ1v) is 8.47. The van der Waals surface area contributed by atoms with Crippen molar-refractivity contribution in [3.63, 3.8) is 0 Å². The topological polar surface area (TPSA) is 41.6 Å². The van der Waals surface area contributed by atoms with Crippen LogP contribution < -0.4 is 5.32 Å². The van der Waals surface area contributed by atoms with E-state index in [1.807, 2.05) is 25.7 Å². The van der Waals surface area contributed by atoms with Crippen LogP contribution in [0, 0.1) is 11.8 Å². The number of carbonyl (C=O) groups is 1. The molecule has 0 radical (unpaired) electrons. The van der Waals surface area contributed by atoms with Crippen molar-refractivity contribution < 1.29 is 9.53 Å². The van der Waals surface area contributed by atoms with Gasteiger partial charge in [-0.1, -0.05) is 13.8 Å². The van der Waals surface area contributed by atoms with Crippen LogP contribution >= 0.6 is 0 Å². The SMILES string of the molecule is CC1CC(C)CC(NC2CCN(C(=O)OC(C)(C)C)C2)C1. The third-order valence-electron chi connectivity index (χ3n) is 4.49. The number of ether oxygens (including phenoxy) is 1. The van der Waals surface area contributed by atoms with E-state index < -0.39 is 5.60 Å². The molecule has 2 aliphatic rings. The Hall–Kier alpha value is -0.770. The van der Waals surface area contributed by atoms with Crippen LogP contribution in [-0.4, -0.2) is 41.8 Å². The Kier molecular flexibility index (Phi) is 5.18. The van der Waals surface area contributed by atoms with Gasteiger partial charge in [0.05, 0.1) is 0 Å². The number of likely N-dealkylation sites (tertiary alicyclic amines) is 1. The van der Waals surface area contributed by atoms with Gasteiger partial charge in [0.1, 0.15) is 5.60 Å². The molecule has 4 heteroatoms. The van der Waals surface area contributed by atoms with Gasteiger partial charge in [-0.2, -0.15) is 0 Å². The second kappa shape index (κ2) is 6.55. The molecule has 0 aromatic heterocycles. The van der Waals surface area contributed by atoms with E-state index >= 15 is 0 Å². The molecule has 0 aromatic carbocycles. The van der Waals surface area contributed by atoms with Gasteiger partial charge in [-0.25, -0.2) is 4.79 Å². The fraction of sp³-hybridized carbons (Fsp3) is 0.941. The molecule has 1 amide bonds. The summed E-state index contributed by atoms with van der Waals surface area (Å²) in [6.45, 7) is 12.1. The van der Waals surface area contributed by atoms with Gasteiger partial charge in [0.2, 0.25) is 0 Å². The Morgan fingerprint density at radius 1 is 1.10 bits per heavy atom. The van der Waals surface area contributed by atoms with Gasteiger partial charge >= 0.3 is 6.09 Å². The third-order valence-corrected chi connectivity index (χ3v) is 4.49. The predicted molar refractivity (Wildman–Crippen MR) is 85.3 cm³/mol. The molecule has 1 aliphatic carbocycles. The summed E-state index contributed by atoms with van der Waals surface area (Å²) in [4.78, 5) is 13.9. The van der Waals surface area contributed by atoms with E-state index in [4.69, 9.17) is 4.74 Å². The molecule has 1 saturated heterocycles. The lowest BCUT2D eigenvalue weighted by molar-refractivity contribution is 0.0289. The Labute approximate surface area is 129 Å². The second-order valence-electron chi connectivity index (χ2n) is 8.19. The normalized spacial score (nSPS) is 34.0. The predicted octanol–water partition coefficient (Wildman–Crippen LogP) is 3.41. The number of hydrogen-bond acceptors (Lipinski definition) is 3. The average Bonchev–Trinajstić information content (AvgIpc) is 2.73. The minimum atomic E-state index is -0.406. The van der Waals surface area contributed by atoms with Gasteiger partial charge in [0, 0.05) is 25.2 Å². The largest absolute Gasteiger partial charge is 0.444 e. The molecule has 0 spiro atoms. The lowest BCUT2D eigenvalue weighted by Crippen LogP contribution is -2.44. The second-order valence-corrected chi connectivity index (χ2v) is 8.19. The van der Waals surface area contributed by atoms with Gasteiger partial charge in [-0.3, -0.25) is 0 Å². The van der Waals surface area contributed by atoms with Gasteiger partial charge in [0.15, 0.2) is 0 Å². The van der Waals surface area contributed by atoms with Crippen LogP contribution in [0.2, 0.25) is 0 Å². The van der Waals surface area contributed by atoms with E-state index in [0.717, 1.165) is 31.3 Å². The zero-order chi connectivity index (χ0) is 15.6. The van der Waals surface area contributed by atoms with Crippen molar-refractivity contribution in [1.82, 2.24) is 10.2 Å². The molecule has 21 heavy (non-hydrogen) atoms. The highest BCUT2D eigenvalue weighted by molar-refractivity contribution is 5.68. The standard InChI is InChI=1S/C17H32N2O2/c1-12-8-13(2)10-15(9-12)18-14-6-7-19(11-14)16(20)21-17(3,4)5/h12-15,18H,6-11H2,1-5H3. The highest BCUT2D eigenvalue weighted by atomic mass is 16.6. The van der Waals surface area contributed by atoms with Crippen molar-refractivity contribution in [2.24, 2.45) is 11.8 Å². The number of carbonyl (C=O) groups excluding carboxylic acids is 1. The molecule has 2 rings (SSSR count). The Morgan fingerprint density at radius 2 is 1.71 bits per heavy atom. The maximum Gasteiger partial charge on any atom is 0.410 e. The molecule has 3 unspecified atom stereocenters. The first kappa shape index (κ1) is 16.6. The van der Waals surface area contributed by atoms with Crippen molar-refractivity contribution in [2.45, 2.75) is 78.0 Å². The lowest BCUT2D eigenvalue weighted by Gasteiger charge is -2.34. The van der Waals surface area contributed by atoms with Gasteiger partial charge in [-0.05, 0) is 58.3 Å². The molecule has 4 nitrogen and oxygen atoms in total. The maximum atomic E-state index is 12.1. The minimum Gasteiger partial charge on any atom is -0.444 e. The van der Waals surface area contributed by atoms with E-state index in [2.05, 4.69) is 19.2 Å². The van der Waals surface area contributed by atoms with E-state index in [-0.39, 0.29) is 6.09 Å². The number of rotatable bonds is 2. The van der Waals surface area contributed by atoms with Crippen molar-refractivity contribution in [3.8, 4) is 0 Å². The number of hydrogen-bond donors (Lipinski definition) is 1. The van der Waals surface area contributed by atoms with Gasteiger partial charge < -0.3 is 15.0 Å². The molecule has 1 aliphatic heterocycles. The molecule has 2 fully saturated rings. The molecular weight excluding hydrogens is 264 g/mol. The van der Waals surface area contributed by atoms with E-state index in [0.29, 0.717) is 12.1 Å². The molecule has 1 saturated carbocycles. The zero-order valence-corrected chi connectivity index (χ0v) is 14.3. The minimum absolute atomic E-state index is 0.169. The fourth-order valence-electron chi connectivity index (χ4n) is 3.81. The Morgan fingerprint density at radius 3 is 2.29 bits per heavy atom. The van der Waals surface area contributed by atoms with Crippen LogP contribution in [0.5, 0.6) is 0 Å². The summed E-state index contributed by atoms with van der Waals surface area (Å²) in [6, 6.07) is 1.05. The van der Waals surface area contributed by atoms with E-state index in [9.17, 15) is 4.79 Å². The summed E-state index contributed by atoms with van der Waals surface area (Å²) >= 11 is 0. The summed E-state index contributed by atoms with van der Waals surface area (Å²) in [5.74, 6) is 1.63. The molecule has 122 valence electrons. The number of amides is 1. The average molecular weight is 296 g/mol. The molecule has 0 bridgehead atoms. The molecular formula is C17H32N2O2. The number of nitrogens with one attached hydrogen (secondary N) is 1. The Balaban J connectivity index is 1.78. The number of nitrogens with zero attached hydrogens (tertiary/aromatic N) is 1. The maximum absolute atomic E-state index is 12.1. The van der Waals surface area contributed by atoms with Gasteiger partial charge in [0.25, 0.3) is 0 Å². The van der Waals surface area contributed by atoms with Crippen LogP contribution in [0.15, 0.2) is 0 Å². The quantitative estimate of drug-likeness (QED) is 0.849. The monoisotopic (exact) mass is 296 g/mol. The summed E-state index contributed by atoms with van der Waals surface area (Å²) < 4.78 is 5.45. The van der Waals surface area contributed by atoms with E-state index in [1.54, 1.807) is 0 Å². The van der Waals surface area contributed by atoms with Crippen LogP contribution in [0.1, 0.15) is 60.3 Å². The molecule has 3 atom stereocenters. The van der Waals surface area contributed by atoms with Crippen LogP contribution in [0.3, 0.4) is 0 Å². The van der Waals surface area contributed by atoms with Crippen molar-refractivity contribution in [3.05, 3.63) is 0 Å². The highest BCUT2D eigenvalue weighted by Gasteiger charge is 2.32. The molecule has 1 N–H and O–H groups in total. The fourth-order valence-corrected chi connectivity index (χ4v) is 3.81. The van der Waals surface area contributed by atoms with Crippen LogP contribution in [0.4, 0.5) is 4.79 Å². The molecule has 1 heterocycles. The summed E-state index contributed by atoms with van der Waals surface area (Å²) in [7, 11) is 0. The van der Waals surface area contributed by atoms with Crippen molar-refractivity contribution in [2.75, 3.05) is 13.1 Å². The highest BCUT2D eigenvalue weighted by Crippen LogP contribution is 2.29. The first-order chi connectivity index (χ1) is 9.73. The van der Waals surface area contributed by atoms with E-state index in [1.165, 1.54) is 19.3 Å². The Bertz CT molecular complexity index is 354. The summed E-state index contributed by atoms with van der Waals surface area (Å²) in [6.07, 6.45) is 4.77. The zero-order valence-electron chi connectivity index (χ0n) is 14.3. The summed E-state index contributed by atoms with van der Waals surface area (Å²) in [5.41, 5.74) is -0.406. The van der Waals surface area contributed by atoms with Crippen LogP contribution in [0.25, 0.3) is 0 Å². The lowest BCUT2D eigenvalue weighted by atomic mass is 9.80. The van der Waals surface area contributed by atoms with Crippen molar-refractivity contribution >= 4 is 6.09 Å². The van der Waals surface area contributed by atoms with Crippen LogP contribution in [-0.2, 0) is 4.74 Å².